The first-order valence-electron chi connectivity index (χ1n) is 9.48. The summed E-state index contributed by atoms with van der Waals surface area (Å²) in [6.45, 7) is 2.30. The second-order valence-electron chi connectivity index (χ2n) is 7.04. The molecule has 0 heterocycles. The van der Waals surface area contributed by atoms with Crippen LogP contribution in [0, 0.1) is 6.92 Å². The van der Waals surface area contributed by atoms with Crippen molar-refractivity contribution in [3.8, 4) is 5.75 Å². The van der Waals surface area contributed by atoms with Crippen LogP contribution in [0.1, 0.15) is 43.8 Å². The van der Waals surface area contributed by atoms with Crippen molar-refractivity contribution in [2.45, 2.75) is 20.0 Å². The van der Waals surface area contributed by atoms with Crippen molar-refractivity contribution in [2.24, 2.45) is 5.10 Å². The second-order valence-corrected chi connectivity index (χ2v) is 7.45. The molecule has 3 aromatic carbocycles. The average Bonchev–Trinajstić information content (AvgIpc) is 3.09. The van der Waals surface area contributed by atoms with E-state index in [1.807, 2.05) is 49.4 Å². The van der Waals surface area contributed by atoms with E-state index in [9.17, 15) is 9.59 Å². The number of halogens is 1. The fourth-order valence-electron chi connectivity index (χ4n) is 3.23. The van der Waals surface area contributed by atoms with Crippen LogP contribution < -0.4 is 10.2 Å². The number of nitrogens with zero attached hydrogens (tertiary/aromatic N) is 1. The number of rotatable bonds is 5. The normalized spacial score (nSPS) is 13.9. The number of fused-ring (bicyclic) bond motifs is 1. The SMILES string of the molecule is Cc1cc(OCc2ccc(C(=O)N/N=C3/CC(=O)c4ccccc43)cc2)ccc1Cl. The van der Waals surface area contributed by atoms with Gasteiger partial charge in [0.15, 0.2) is 5.78 Å². The number of ketones is 1. The Balaban J connectivity index is 1.37. The van der Waals surface area contributed by atoms with Gasteiger partial charge in [-0.15, -0.1) is 0 Å². The zero-order valence-corrected chi connectivity index (χ0v) is 17.1. The van der Waals surface area contributed by atoms with Gasteiger partial charge in [0.1, 0.15) is 12.4 Å². The smallest absolute Gasteiger partial charge is 0.271 e. The Bertz CT molecular complexity index is 1150. The lowest BCUT2D eigenvalue weighted by Gasteiger charge is -2.08. The minimum Gasteiger partial charge on any atom is -0.489 e. The number of amides is 1. The summed E-state index contributed by atoms with van der Waals surface area (Å²) in [4.78, 5) is 24.4. The molecule has 3 aromatic rings. The first kappa shape index (κ1) is 19.9. The van der Waals surface area contributed by atoms with Gasteiger partial charge in [0.25, 0.3) is 5.91 Å². The molecule has 0 aromatic heterocycles. The van der Waals surface area contributed by atoms with Gasteiger partial charge in [-0.05, 0) is 48.4 Å². The zero-order chi connectivity index (χ0) is 21.1. The number of carbonyl (C=O) groups is 2. The molecule has 0 saturated heterocycles. The van der Waals surface area contributed by atoms with Crippen LogP contribution in [-0.4, -0.2) is 17.4 Å². The van der Waals surface area contributed by atoms with Crippen molar-refractivity contribution in [1.29, 1.82) is 0 Å². The molecule has 1 amide bonds. The summed E-state index contributed by atoms with van der Waals surface area (Å²) in [6, 6.07) is 19.9. The highest BCUT2D eigenvalue weighted by Gasteiger charge is 2.25. The molecule has 0 aliphatic heterocycles. The van der Waals surface area contributed by atoms with Crippen molar-refractivity contribution in [2.75, 3.05) is 0 Å². The number of hydrogen-bond acceptors (Lipinski definition) is 4. The molecule has 30 heavy (non-hydrogen) atoms. The van der Waals surface area contributed by atoms with Crippen LogP contribution in [0.2, 0.25) is 5.02 Å². The standard InChI is InChI=1S/C24H19ClN2O3/c1-15-12-18(10-11-21(15)25)30-14-16-6-8-17(9-7-16)24(29)27-26-22-13-23(28)20-5-3-2-4-19(20)22/h2-12H,13-14H2,1H3,(H,27,29)/b26-22-. The Morgan fingerprint density at radius 3 is 2.53 bits per heavy atom. The maximum atomic E-state index is 12.4. The molecule has 6 heteroatoms. The van der Waals surface area contributed by atoms with Gasteiger partial charge >= 0.3 is 0 Å². The molecule has 150 valence electrons. The van der Waals surface area contributed by atoms with Gasteiger partial charge in [-0.3, -0.25) is 9.59 Å². The Hall–Kier alpha value is -3.44. The number of Topliss-reactive ketones (excluding diaryl/α,β-unsaturated/α-hetero) is 1. The second kappa shape index (κ2) is 8.51. The fourth-order valence-corrected chi connectivity index (χ4v) is 3.35. The minimum atomic E-state index is -0.333. The molecule has 0 radical (unpaired) electrons. The Morgan fingerprint density at radius 1 is 1.07 bits per heavy atom. The third-order valence-corrected chi connectivity index (χ3v) is 5.33. The summed E-state index contributed by atoms with van der Waals surface area (Å²) in [5.41, 5.74) is 6.90. The molecule has 4 rings (SSSR count). The van der Waals surface area contributed by atoms with Crippen LogP contribution in [-0.2, 0) is 6.61 Å². The van der Waals surface area contributed by atoms with Crippen molar-refractivity contribution in [3.05, 3.63) is 99.6 Å². The highest BCUT2D eigenvalue weighted by atomic mass is 35.5. The lowest BCUT2D eigenvalue weighted by Crippen LogP contribution is -2.19. The predicted octanol–water partition coefficient (Wildman–Crippen LogP) is 4.95. The Morgan fingerprint density at radius 2 is 1.80 bits per heavy atom. The van der Waals surface area contributed by atoms with Gasteiger partial charge < -0.3 is 4.74 Å². The van der Waals surface area contributed by atoms with Crippen molar-refractivity contribution >= 4 is 29.0 Å². The van der Waals surface area contributed by atoms with E-state index in [1.54, 1.807) is 24.3 Å². The number of hydrogen-bond donors (Lipinski definition) is 1. The maximum Gasteiger partial charge on any atom is 0.271 e. The molecule has 1 aliphatic carbocycles. The van der Waals surface area contributed by atoms with E-state index in [4.69, 9.17) is 16.3 Å². The molecule has 0 saturated carbocycles. The van der Waals surface area contributed by atoms with E-state index in [2.05, 4.69) is 10.5 Å². The summed E-state index contributed by atoms with van der Waals surface area (Å²) in [6.07, 6.45) is 0.195. The van der Waals surface area contributed by atoms with E-state index in [1.165, 1.54) is 0 Å². The van der Waals surface area contributed by atoms with Gasteiger partial charge in [0, 0.05) is 21.7 Å². The van der Waals surface area contributed by atoms with Crippen LogP contribution >= 0.6 is 11.6 Å². The predicted molar refractivity (Wildman–Crippen MR) is 116 cm³/mol. The topological polar surface area (TPSA) is 67.8 Å². The number of benzene rings is 3. The Labute approximate surface area is 179 Å². The highest BCUT2D eigenvalue weighted by molar-refractivity contribution is 6.31. The lowest BCUT2D eigenvalue weighted by molar-refractivity contribution is 0.0952. The lowest BCUT2D eigenvalue weighted by atomic mass is 10.1. The maximum absolute atomic E-state index is 12.4. The van der Waals surface area contributed by atoms with Gasteiger partial charge in [0.05, 0.1) is 12.1 Å². The van der Waals surface area contributed by atoms with Gasteiger partial charge in [-0.1, -0.05) is 48.0 Å². The molecule has 0 unspecified atom stereocenters. The van der Waals surface area contributed by atoms with E-state index >= 15 is 0 Å². The summed E-state index contributed by atoms with van der Waals surface area (Å²) in [7, 11) is 0. The fraction of sp³-hybridized carbons (Fsp3) is 0.125. The molecular weight excluding hydrogens is 400 g/mol. The van der Waals surface area contributed by atoms with Gasteiger partial charge in [0.2, 0.25) is 0 Å². The number of hydrazone groups is 1. The summed E-state index contributed by atoms with van der Waals surface area (Å²) >= 11 is 6.02. The van der Waals surface area contributed by atoms with Crippen molar-refractivity contribution in [1.82, 2.24) is 5.43 Å². The van der Waals surface area contributed by atoms with Crippen LogP contribution in [0.4, 0.5) is 0 Å². The molecule has 0 atom stereocenters. The summed E-state index contributed by atoms with van der Waals surface area (Å²) < 4.78 is 5.77. The van der Waals surface area contributed by atoms with Crippen molar-refractivity contribution < 1.29 is 14.3 Å². The first-order chi connectivity index (χ1) is 14.5. The first-order valence-corrected chi connectivity index (χ1v) is 9.86. The quantitative estimate of drug-likeness (QED) is 0.596. The Kier molecular flexibility index (Phi) is 5.63. The molecule has 0 fully saturated rings. The van der Waals surface area contributed by atoms with Crippen LogP contribution in [0.5, 0.6) is 5.75 Å². The monoisotopic (exact) mass is 418 g/mol. The number of nitrogens with one attached hydrogen (secondary N) is 1. The third kappa shape index (κ3) is 4.26. The molecule has 0 bridgehead atoms. The minimum absolute atomic E-state index is 0.0128. The van der Waals surface area contributed by atoms with Gasteiger partial charge in [-0.25, -0.2) is 5.43 Å². The highest BCUT2D eigenvalue weighted by Crippen LogP contribution is 2.23. The number of aryl methyl sites for hydroxylation is 1. The van der Waals surface area contributed by atoms with E-state index in [0.29, 0.717) is 28.5 Å². The summed E-state index contributed by atoms with van der Waals surface area (Å²) in [5, 5.41) is 4.87. The molecule has 1 aliphatic rings. The largest absolute Gasteiger partial charge is 0.489 e. The molecule has 0 spiro atoms. The van der Waals surface area contributed by atoms with E-state index in [-0.39, 0.29) is 18.1 Å². The number of carbonyl (C=O) groups excluding carboxylic acids is 2. The number of ether oxygens (including phenoxy) is 1. The molecular formula is C24H19ClN2O3. The van der Waals surface area contributed by atoms with Crippen LogP contribution in [0.15, 0.2) is 71.8 Å². The van der Waals surface area contributed by atoms with Crippen LogP contribution in [0.3, 0.4) is 0 Å². The molecule has 5 nitrogen and oxygen atoms in total. The van der Waals surface area contributed by atoms with Crippen LogP contribution in [0.25, 0.3) is 0 Å². The summed E-state index contributed by atoms with van der Waals surface area (Å²) in [5.74, 6) is 0.417. The third-order valence-electron chi connectivity index (χ3n) is 4.91. The molecule has 1 N–H and O–H groups in total. The van der Waals surface area contributed by atoms with E-state index < -0.39 is 0 Å². The van der Waals surface area contributed by atoms with Gasteiger partial charge in [-0.2, -0.15) is 5.10 Å². The van der Waals surface area contributed by atoms with Crippen molar-refractivity contribution in [3.63, 3.8) is 0 Å². The van der Waals surface area contributed by atoms with E-state index in [0.717, 1.165) is 22.4 Å². The zero-order valence-electron chi connectivity index (χ0n) is 16.3. The average molecular weight is 419 g/mol.